The molecule has 1 aromatic heterocycles. The van der Waals surface area contributed by atoms with Crippen LogP contribution in [0.25, 0.3) is 0 Å². The molecule has 2 nitrogen and oxygen atoms in total. The monoisotopic (exact) mass is 284 g/mol. The minimum atomic E-state index is -0.409. The van der Waals surface area contributed by atoms with Crippen molar-refractivity contribution in [2.24, 2.45) is 5.73 Å². The molecule has 0 saturated heterocycles. The number of rotatable bonds is 3. The van der Waals surface area contributed by atoms with E-state index in [1.165, 1.54) is 6.07 Å². The zero-order valence-electron chi connectivity index (χ0n) is 9.41. The van der Waals surface area contributed by atoms with Crippen molar-refractivity contribution in [2.45, 2.75) is 12.5 Å². The first-order valence-electron chi connectivity index (χ1n) is 5.37. The van der Waals surface area contributed by atoms with Crippen LogP contribution in [0.2, 0.25) is 10.0 Å². The van der Waals surface area contributed by atoms with Crippen LogP contribution >= 0.6 is 23.2 Å². The molecule has 0 amide bonds. The van der Waals surface area contributed by atoms with E-state index in [1.54, 1.807) is 24.4 Å². The quantitative estimate of drug-likeness (QED) is 0.932. The first-order valence-corrected chi connectivity index (χ1v) is 6.12. The van der Waals surface area contributed by atoms with Crippen LogP contribution in [0.5, 0.6) is 0 Å². The molecule has 1 aromatic carbocycles. The highest BCUT2D eigenvalue weighted by molar-refractivity contribution is 6.36. The average Bonchev–Trinajstić information content (AvgIpc) is 2.34. The van der Waals surface area contributed by atoms with Crippen LogP contribution in [0.4, 0.5) is 4.39 Å². The molecule has 1 unspecified atom stereocenters. The second-order valence-corrected chi connectivity index (χ2v) is 4.76. The van der Waals surface area contributed by atoms with E-state index in [0.29, 0.717) is 22.0 Å². The molecule has 0 spiro atoms. The lowest BCUT2D eigenvalue weighted by Crippen LogP contribution is -2.14. The minimum absolute atomic E-state index is 0.398. The van der Waals surface area contributed by atoms with E-state index in [9.17, 15) is 4.39 Å². The molecule has 0 radical (unpaired) electrons. The van der Waals surface area contributed by atoms with Gasteiger partial charge in [-0.05, 0) is 35.7 Å². The fourth-order valence-corrected chi connectivity index (χ4v) is 2.25. The van der Waals surface area contributed by atoms with Crippen LogP contribution in [-0.4, -0.2) is 4.98 Å². The van der Waals surface area contributed by atoms with Crippen LogP contribution in [0.3, 0.4) is 0 Å². The van der Waals surface area contributed by atoms with Crippen LogP contribution in [0, 0.1) is 5.82 Å². The number of hydrogen-bond acceptors (Lipinski definition) is 2. The van der Waals surface area contributed by atoms with Gasteiger partial charge in [-0.1, -0.05) is 29.3 Å². The Bertz CT molecular complexity index is 540. The molecule has 2 N–H and O–H groups in total. The van der Waals surface area contributed by atoms with E-state index in [-0.39, 0.29) is 0 Å². The molecule has 0 fully saturated rings. The summed E-state index contributed by atoms with van der Waals surface area (Å²) < 4.78 is 13.1. The van der Waals surface area contributed by atoms with Gasteiger partial charge < -0.3 is 5.73 Å². The normalized spacial score (nSPS) is 12.4. The van der Waals surface area contributed by atoms with Crippen LogP contribution in [-0.2, 0) is 6.42 Å². The molecule has 1 heterocycles. The second kappa shape index (κ2) is 5.65. The summed E-state index contributed by atoms with van der Waals surface area (Å²) in [5.74, 6) is -0.409. The Hall–Kier alpha value is -1.16. The van der Waals surface area contributed by atoms with Crippen molar-refractivity contribution in [3.8, 4) is 0 Å². The third-order valence-corrected chi connectivity index (χ3v) is 3.35. The zero-order chi connectivity index (χ0) is 13.1. The molecule has 1 atom stereocenters. The third kappa shape index (κ3) is 2.99. The molecular formula is C13H11Cl2FN2. The number of nitrogens with zero attached hydrogens (tertiary/aromatic N) is 1. The third-order valence-electron chi connectivity index (χ3n) is 2.64. The van der Waals surface area contributed by atoms with Gasteiger partial charge in [0.2, 0.25) is 0 Å². The van der Waals surface area contributed by atoms with Gasteiger partial charge in [0, 0.05) is 22.3 Å². The molecule has 18 heavy (non-hydrogen) atoms. The van der Waals surface area contributed by atoms with Crippen LogP contribution < -0.4 is 5.73 Å². The first-order chi connectivity index (χ1) is 8.58. The number of aromatic nitrogens is 1. The smallest absolute Gasteiger partial charge is 0.141 e. The number of halogens is 3. The van der Waals surface area contributed by atoms with E-state index in [0.717, 1.165) is 11.8 Å². The summed E-state index contributed by atoms with van der Waals surface area (Å²) in [4.78, 5) is 3.77. The lowest BCUT2D eigenvalue weighted by atomic mass is 10.0. The number of benzene rings is 1. The summed E-state index contributed by atoms with van der Waals surface area (Å²) in [5, 5.41) is 1.12. The zero-order valence-corrected chi connectivity index (χ0v) is 10.9. The van der Waals surface area contributed by atoms with E-state index in [4.69, 9.17) is 28.9 Å². The maximum atomic E-state index is 13.1. The highest BCUT2D eigenvalue weighted by Gasteiger charge is 2.13. The Balaban J connectivity index is 2.24. The molecule has 0 aliphatic rings. The van der Waals surface area contributed by atoms with E-state index in [2.05, 4.69) is 4.98 Å². The molecule has 0 saturated carbocycles. The van der Waals surface area contributed by atoms with Crippen LogP contribution in [0.15, 0.2) is 36.7 Å². The van der Waals surface area contributed by atoms with Crippen molar-refractivity contribution >= 4 is 23.2 Å². The molecule has 0 aliphatic heterocycles. The second-order valence-electron chi connectivity index (χ2n) is 3.95. The van der Waals surface area contributed by atoms with Gasteiger partial charge in [0.05, 0.1) is 6.20 Å². The summed E-state index contributed by atoms with van der Waals surface area (Å²) in [5.41, 5.74) is 7.39. The Labute approximate surface area is 115 Å². The molecular weight excluding hydrogens is 274 g/mol. The van der Waals surface area contributed by atoms with Crippen molar-refractivity contribution in [3.05, 3.63) is 63.6 Å². The molecule has 2 aromatic rings. The highest BCUT2D eigenvalue weighted by Crippen LogP contribution is 2.28. The van der Waals surface area contributed by atoms with Gasteiger partial charge in [-0.15, -0.1) is 0 Å². The summed E-state index contributed by atoms with van der Waals surface area (Å²) in [6, 6.07) is 6.23. The standard InChI is InChI=1S/C13H11Cl2FN2/c14-11-2-1-3-12(15)10(11)5-13(17)8-4-9(16)7-18-6-8/h1-4,6-7,13H,5,17H2. The number of hydrogen-bond donors (Lipinski definition) is 1. The molecule has 5 heteroatoms. The van der Waals surface area contributed by atoms with Gasteiger partial charge in [0.1, 0.15) is 5.82 Å². The fourth-order valence-electron chi connectivity index (χ4n) is 1.70. The fraction of sp³-hybridized carbons (Fsp3) is 0.154. The van der Waals surface area contributed by atoms with Crippen molar-refractivity contribution in [2.75, 3.05) is 0 Å². The van der Waals surface area contributed by atoms with Crippen molar-refractivity contribution < 1.29 is 4.39 Å². The minimum Gasteiger partial charge on any atom is -0.324 e. The predicted octanol–water partition coefficient (Wildman–Crippen LogP) is 3.77. The van der Waals surface area contributed by atoms with E-state index in [1.807, 2.05) is 0 Å². The Morgan fingerprint density at radius 1 is 1.22 bits per heavy atom. The maximum absolute atomic E-state index is 13.1. The first kappa shape index (κ1) is 13.3. The van der Waals surface area contributed by atoms with Crippen molar-refractivity contribution in [1.29, 1.82) is 0 Å². The van der Waals surface area contributed by atoms with E-state index < -0.39 is 11.9 Å². The van der Waals surface area contributed by atoms with Gasteiger partial charge >= 0.3 is 0 Å². The van der Waals surface area contributed by atoms with E-state index >= 15 is 0 Å². The van der Waals surface area contributed by atoms with Gasteiger partial charge in [-0.25, -0.2) is 4.39 Å². The Morgan fingerprint density at radius 2 is 1.89 bits per heavy atom. The lowest BCUT2D eigenvalue weighted by Gasteiger charge is -2.14. The predicted molar refractivity (Wildman–Crippen MR) is 71.3 cm³/mol. The van der Waals surface area contributed by atoms with Gasteiger partial charge in [0.15, 0.2) is 0 Å². The van der Waals surface area contributed by atoms with Gasteiger partial charge in [-0.2, -0.15) is 0 Å². The topological polar surface area (TPSA) is 38.9 Å². The van der Waals surface area contributed by atoms with Crippen molar-refractivity contribution in [3.63, 3.8) is 0 Å². The maximum Gasteiger partial charge on any atom is 0.141 e. The number of nitrogens with two attached hydrogens (primary N) is 1. The molecule has 2 rings (SSSR count). The number of pyridine rings is 1. The van der Waals surface area contributed by atoms with Crippen LogP contribution in [0.1, 0.15) is 17.2 Å². The van der Waals surface area contributed by atoms with Crippen molar-refractivity contribution in [1.82, 2.24) is 4.98 Å². The van der Waals surface area contributed by atoms with Gasteiger partial charge in [-0.3, -0.25) is 4.98 Å². The largest absolute Gasteiger partial charge is 0.324 e. The summed E-state index contributed by atoms with van der Waals surface area (Å²) in [6.07, 6.45) is 3.11. The molecule has 0 aliphatic carbocycles. The highest BCUT2D eigenvalue weighted by atomic mass is 35.5. The Kier molecular flexibility index (Phi) is 4.17. The molecule has 0 bridgehead atoms. The summed E-state index contributed by atoms with van der Waals surface area (Å²) in [6.45, 7) is 0. The van der Waals surface area contributed by atoms with Gasteiger partial charge in [0.25, 0.3) is 0 Å². The summed E-state index contributed by atoms with van der Waals surface area (Å²) in [7, 11) is 0. The molecule has 94 valence electrons. The summed E-state index contributed by atoms with van der Waals surface area (Å²) >= 11 is 12.1. The SMILES string of the molecule is NC(Cc1c(Cl)cccc1Cl)c1cncc(F)c1. The average molecular weight is 285 g/mol. The lowest BCUT2D eigenvalue weighted by molar-refractivity contribution is 0.610. The Morgan fingerprint density at radius 3 is 2.50 bits per heavy atom.